The van der Waals surface area contributed by atoms with Gasteiger partial charge in [-0.05, 0) is 129 Å². The monoisotopic (exact) mass is 1370 g/mol. The van der Waals surface area contributed by atoms with Crippen LogP contribution in [0.4, 0.5) is 20.2 Å². The van der Waals surface area contributed by atoms with Crippen LogP contribution in [0.15, 0.2) is 93.1 Å². The van der Waals surface area contributed by atoms with Crippen molar-refractivity contribution in [2.24, 2.45) is 0 Å². The lowest BCUT2D eigenvalue weighted by Gasteiger charge is -2.35. The molecule has 8 aromatic rings. The summed E-state index contributed by atoms with van der Waals surface area (Å²) >= 11 is 2.75. The minimum Gasteiger partial charge on any atom is -0.492 e. The van der Waals surface area contributed by atoms with Gasteiger partial charge in [0.25, 0.3) is 0 Å². The number of thiophene rings is 2. The van der Waals surface area contributed by atoms with Crippen molar-refractivity contribution in [3.63, 3.8) is 0 Å². The number of aliphatic carboxylic acids is 1. The average Bonchev–Trinajstić information content (AvgIpc) is 1.71. The number of carbonyl (C=O) groups excluding carboxylic acids is 4. The highest BCUT2D eigenvalue weighted by molar-refractivity contribution is 7.12. The molecule has 2 saturated carbocycles. The molecular weight excluding hydrogens is 1290 g/mol. The third kappa shape index (κ3) is 13.8. The second-order valence-corrected chi connectivity index (χ2v) is 28.0. The van der Waals surface area contributed by atoms with E-state index >= 15 is 8.78 Å². The summed E-state index contributed by atoms with van der Waals surface area (Å²) in [5.74, 6) is -4.48. The molecule has 97 heavy (non-hydrogen) atoms. The van der Waals surface area contributed by atoms with E-state index in [0.29, 0.717) is 111 Å². The smallest absolute Gasteiger partial charge is 0.346 e. The van der Waals surface area contributed by atoms with Gasteiger partial charge in [0.05, 0.1) is 56.6 Å². The molecule has 512 valence electrons. The molecule has 2 aliphatic heterocycles. The number of piperazine rings is 2. The third-order valence-electron chi connectivity index (χ3n) is 18.7. The number of hydrogen-bond donors (Lipinski definition) is 4. The van der Waals surface area contributed by atoms with Gasteiger partial charge < -0.3 is 58.7 Å². The lowest BCUT2D eigenvalue weighted by atomic mass is 9.84. The summed E-state index contributed by atoms with van der Waals surface area (Å²) in [7, 11) is 2.94. The van der Waals surface area contributed by atoms with E-state index in [1.54, 1.807) is 116 Å². The number of pyridine rings is 2. The highest BCUT2D eigenvalue weighted by atomic mass is 32.1. The van der Waals surface area contributed by atoms with Gasteiger partial charge in [-0.15, -0.1) is 22.7 Å². The number of aromatic carboxylic acids is 1. The number of ether oxygens (including phenoxy) is 4. The summed E-state index contributed by atoms with van der Waals surface area (Å²) in [5.41, 5.74) is 1.08. The number of rotatable bonds is 18. The third-order valence-corrected chi connectivity index (χ3v) is 20.4. The number of nitrogens with one attached hydrogen (secondary N) is 2. The Bertz CT molecular complexity index is 4520. The van der Waals surface area contributed by atoms with Crippen molar-refractivity contribution in [3.8, 4) is 11.5 Å². The van der Waals surface area contributed by atoms with Crippen molar-refractivity contribution in [1.82, 2.24) is 19.8 Å². The standard InChI is InChI=1S/C37H40FN3O7S.C21H26FN3O4.C15H14O3S/c1-20-18-40(16-15-39-20)31-29(38)21(2)27-30(34(31)46-6)41(25-13-14-25)22(3)28(33(27)43)35(44)47-19-48-36(45)37(4,5)24-11-9-23(10-12-24)32(42)26-8-7-17-49-26;1-10-9-24(8-7-23-10)18-16(22)11(2)14-17(20(18)29-4)25(13-5-6-13)12(3)15(19(14)26)21(27)28;1-15(2,14(17)18)11-7-5-10(6-8-11)13(16)12-4-3-9-19-12/h7-12,17,20,25,39H,13-16,18-19H2,1-6H3;10,13,23H,5-9H2,1-4H3,(H,27,28);3-9H,1-2H3,(H,17,18). The zero-order chi connectivity index (χ0) is 70.3. The SMILES string of the molecule is CC(C)(C(=O)O)c1ccc(C(=O)c2cccs2)cc1.COc1c(N2CCNC(C)C2)c(F)c(C)c2c(=O)c(C(=O)O)c(C)n(C3CC3)c12.COc1c(N2CCNC(C)C2)c(F)c(C)c2c(=O)c(C(=O)OCOC(=O)C(C)(C)c3ccc(C(=O)c4cccs4)cc3)c(C)n(C3CC3)c12. The van der Waals surface area contributed by atoms with Crippen molar-refractivity contribution >= 4 is 91.3 Å². The minimum absolute atomic E-state index is 0.00572. The molecule has 24 heteroatoms. The second-order valence-electron chi connectivity index (χ2n) is 26.1. The molecule has 12 rings (SSSR count). The Balaban J connectivity index is 0.000000178. The van der Waals surface area contributed by atoms with Crippen LogP contribution in [0.1, 0.15) is 164 Å². The number of esters is 2. The fraction of sp³-hybridized carbons (Fsp3) is 0.397. The van der Waals surface area contributed by atoms with Crippen LogP contribution in [-0.2, 0) is 29.9 Å². The highest BCUT2D eigenvalue weighted by Crippen LogP contribution is 2.48. The van der Waals surface area contributed by atoms with Crippen LogP contribution in [0.25, 0.3) is 21.8 Å². The maximum absolute atomic E-state index is 16.2. The van der Waals surface area contributed by atoms with Crippen LogP contribution < -0.4 is 40.8 Å². The molecule has 6 heterocycles. The maximum Gasteiger partial charge on any atom is 0.346 e. The minimum atomic E-state index is -1.29. The van der Waals surface area contributed by atoms with Crippen LogP contribution in [0.5, 0.6) is 11.5 Å². The van der Waals surface area contributed by atoms with Crippen molar-refractivity contribution in [2.45, 2.75) is 130 Å². The first kappa shape index (κ1) is 70.7. The second kappa shape index (κ2) is 28.5. The Kier molecular flexibility index (Phi) is 20.8. The Morgan fingerprint density at radius 2 is 0.990 bits per heavy atom. The molecule has 2 unspecified atom stereocenters. The van der Waals surface area contributed by atoms with Gasteiger partial charge in [0.2, 0.25) is 29.2 Å². The number of nitrogens with zero attached hydrogens (tertiary/aromatic N) is 4. The first-order valence-electron chi connectivity index (χ1n) is 32.1. The Morgan fingerprint density at radius 1 is 0.588 bits per heavy atom. The van der Waals surface area contributed by atoms with Crippen molar-refractivity contribution in [3.05, 3.63) is 181 Å². The van der Waals surface area contributed by atoms with Crippen molar-refractivity contribution in [1.29, 1.82) is 0 Å². The summed E-state index contributed by atoms with van der Waals surface area (Å²) in [6.45, 7) is 20.1. The Hall–Kier alpha value is -9.10. The van der Waals surface area contributed by atoms with Gasteiger partial charge in [-0.3, -0.25) is 28.8 Å². The fourth-order valence-electron chi connectivity index (χ4n) is 12.9. The quantitative estimate of drug-likeness (QED) is 0.0354. The van der Waals surface area contributed by atoms with Gasteiger partial charge in [-0.2, -0.15) is 0 Å². The first-order valence-corrected chi connectivity index (χ1v) is 33.9. The average molecular weight is 1370 g/mol. The van der Waals surface area contributed by atoms with E-state index in [4.69, 9.17) is 24.1 Å². The molecule has 2 atom stereocenters. The fourth-order valence-corrected chi connectivity index (χ4v) is 14.2. The zero-order valence-corrected chi connectivity index (χ0v) is 58.0. The van der Waals surface area contributed by atoms with E-state index < -0.39 is 64.0 Å². The number of methoxy groups -OCH3 is 2. The number of hydrogen-bond acceptors (Lipinski definition) is 18. The van der Waals surface area contributed by atoms with Crippen LogP contribution >= 0.6 is 22.7 Å². The van der Waals surface area contributed by atoms with Crippen LogP contribution in [0.2, 0.25) is 0 Å². The highest BCUT2D eigenvalue weighted by Gasteiger charge is 2.39. The maximum atomic E-state index is 16.2. The lowest BCUT2D eigenvalue weighted by molar-refractivity contribution is -0.158. The number of carboxylic acid groups (broad SMARTS) is 2. The topological polar surface area (TPSA) is 254 Å². The van der Waals surface area contributed by atoms with Crippen LogP contribution in [0, 0.1) is 39.3 Å². The van der Waals surface area contributed by atoms with E-state index in [2.05, 4.69) is 10.6 Å². The Morgan fingerprint density at radius 3 is 1.35 bits per heavy atom. The lowest BCUT2D eigenvalue weighted by Crippen LogP contribution is -2.49. The molecular formula is C73H80F2N6O14S2. The predicted molar refractivity (Wildman–Crippen MR) is 370 cm³/mol. The van der Waals surface area contributed by atoms with E-state index in [0.717, 1.165) is 25.7 Å². The van der Waals surface area contributed by atoms with E-state index in [-0.39, 0.29) is 74.5 Å². The number of benzene rings is 4. The molecule has 4 aromatic carbocycles. The largest absolute Gasteiger partial charge is 0.492 e. The number of ketones is 2. The summed E-state index contributed by atoms with van der Waals surface area (Å²) in [6.07, 6.45) is 3.42. The summed E-state index contributed by atoms with van der Waals surface area (Å²) in [5, 5.41) is 29.4. The Labute approximate surface area is 567 Å². The molecule has 2 aliphatic carbocycles. The van der Waals surface area contributed by atoms with Crippen LogP contribution in [0.3, 0.4) is 0 Å². The molecule has 2 saturated heterocycles. The van der Waals surface area contributed by atoms with E-state index in [1.165, 1.54) is 36.9 Å². The number of fused-ring (bicyclic) bond motifs is 2. The molecule has 0 radical (unpaired) electrons. The normalized spacial score (nSPS) is 16.4. The molecule has 4 fully saturated rings. The molecule has 4 aliphatic rings. The number of halogens is 2. The van der Waals surface area contributed by atoms with Gasteiger partial charge in [0.1, 0.15) is 22.5 Å². The molecule has 4 N–H and O–H groups in total. The van der Waals surface area contributed by atoms with E-state index in [1.807, 2.05) is 55.7 Å². The number of carbonyl (C=O) groups is 6. The molecule has 20 nitrogen and oxygen atoms in total. The van der Waals surface area contributed by atoms with Crippen LogP contribution in [-0.4, -0.2) is 127 Å². The summed E-state index contributed by atoms with van der Waals surface area (Å²) in [4.78, 5) is 107. The van der Waals surface area contributed by atoms with Gasteiger partial charge in [0, 0.05) is 97.1 Å². The number of carboxylic acids is 2. The molecule has 4 aromatic heterocycles. The van der Waals surface area contributed by atoms with Crippen molar-refractivity contribution in [2.75, 3.05) is 70.1 Å². The van der Waals surface area contributed by atoms with Gasteiger partial charge in [0.15, 0.2) is 23.1 Å². The van der Waals surface area contributed by atoms with E-state index in [9.17, 15) is 43.5 Å². The molecule has 0 amide bonds. The van der Waals surface area contributed by atoms with Gasteiger partial charge >= 0.3 is 23.9 Å². The van der Waals surface area contributed by atoms with Gasteiger partial charge in [-0.25, -0.2) is 18.4 Å². The van der Waals surface area contributed by atoms with Crippen molar-refractivity contribution < 1.29 is 66.7 Å². The number of anilines is 2. The summed E-state index contributed by atoms with van der Waals surface area (Å²) in [6, 6.07) is 21.0. The molecule has 0 spiro atoms. The summed E-state index contributed by atoms with van der Waals surface area (Å²) < 4.78 is 57.9. The van der Waals surface area contributed by atoms with Gasteiger partial charge in [-0.1, -0.05) is 60.7 Å². The predicted octanol–water partition coefficient (Wildman–Crippen LogP) is 11.8. The number of aryl methyl sites for hydroxylation is 2. The number of aromatic nitrogens is 2. The zero-order valence-electron chi connectivity index (χ0n) is 56.3. The molecule has 0 bridgehead atoms. The first-order chi connectivity index (χ1) is 46.1.